The number of carbonyl (C=O) groups is 1. The minimum Gasteiger partial charge on any atom is -0.351 e. The largest absolute Gasteiger partial charge is 0.351 e. The van der Waals surface area contributed by atoms with E-state index in [2.05, 4.69) is 5.32 Å². The molecular weight excluding hydrogens is 309 g/mol. The Morgan fingerprint density at radius 3 is 2.52 bits per heavy atom. The molecule has 0 saturated heterocycles. The lowest BCUT2D eigenvalue weighted by molar-refractivity contribution is -0.385. The van der Waals surface area contributed by atoms with Gasteiger partial charge in [-0.15, -0.1) is 0 Å². The number of nitro groups is 1. The van der Waals surface area contributed by atoms with Crippen LogP contribution in [-0.2, 0) is 10.0 Å². The molecule has 12 heteroatoms. The molecule has 21 heavy (non-hydrogen) atoms. The molecule has 0 heterocycles. The Labute approximate surface area is 118 Å². The van der Waals surface area contributed by atoms with Crippen molar-refractivity contribution in [2.45, 2.75) is 0 Å². The first-order chi connectivity index (χ1) is 9.65. The van der Waals surface area contributed by atoms with Crippen LogP contribution in [0.15, 0.2) is 12.1 Å². The van der Waals surface area contributed by atoms with Crippen molar-refractivity contribution in [3.8, 4) is 0 Å². The van der Waals surface area contributed by atoms with Gasteiger partial charge in [0.25, 0.3) is 11.6 Å². The number of nitrogens with one attached hydrogen (secondary N) is 2. The number of amides is 1. The number of rotatable bonds is 6. The maximum Gasteiger partial charge on any atom is 0.285 e. The summed E-state index contributed by atoms with van der Waals surface area (Å²) in [5.74, 6) is 2.50. The SMILES string of the molecule is NNc1cc(C(=O)NCCS(N)(=O)=O)c([N+](=O)[O-])cc1F. The fourth-order valence-corrected chi connectivity index (χ4v) is 1.79. The second kappa shape index (κ2) is 6.43. The van der Waals surface area contributed by atoms with Gasteiger partial charge < -0.3 is 10.7 Å². The van der Waals surface area contributed by atoms with Crippen LogP contribution in [0.25, 0.3) is 0 Å². The molecule has 0 aliphatic carbocycles. The number of carbonyl (C=O) groups excluding carboxylic acids is 1. The Morgan fingerprint density at radius 1 is 1.43 bits per heavy atom. The number of hydrogen-bond donors (Lipinski definition) is 4. The fourth-order valence-electron chi connectivity index (χ4n) is 1.41. The minimum atomic E-state index is -3.79. The highest BCUT2D eigenvalue weighted by Crippen LogP contribution is 2.25. The fraction of sp³-hybridized carbons (Fsp3) is 0.222. The van der Waals surface area contributed by atoms with Gasteiger partial charge in [0, 0.05) is 6.54 Å². The number of hydrogen-bond acceptors (Lipinski definition) is 7. The quantitative estimate of drug-likeness (QED) is 0.297. The summed E-state index contributed by atoms with van der Waals surface area (Å²) in [6.07, 6.45) is 0. The van der Waals surface area contributed by atoms with E-state index in [1.807, 2.05) is 5.43 Å². The predicted molar refractivity (Wildman–Crippen MR) is 71.2 cm³/mol. The van der Waals surface area contributed by atoms with Crippen LogP contribution in [0.1, 0.15) is 10.4 Å². The molecule has 0 bridgehead atoms. The van der Waals surface area contributed by atoms with Crippen LogP contribution in [0.3, 0.4) is 0 Å². The second-order valence-corrected chi connectivity index (χ2v) is 5.61. The van der Waals surface area contributed by atoms with Crippen molar-refractivity contribution in [2.75, 3.05) is 17.7 Å². The molecule has 0 spiro atoms. The molecule has 0 fully saturated rings. The van der Waals surface area contributed by atoms with Crippen LogP contribution in [0, 0.1) is 15.9 Å². The smallest absolute Gasteiger partial charge is 0.285 e. The lowest BCUT2D eigenvalue weighted by Gasteiger charge is -2.08. The number of sulfonamides is 1. The maximum atomic E-state index is 13.4. The molecule has 0 aromatic heterocycles. The van der Waals surface area contributed by atoms with E-state index in [4.69, 9.17) is 11.0 Å². The first-order valence-electron chi connectivity index (χ1n) is 5.39. The lowest BCUT2D eigenvalue weighted by Crippen LogP contribution is -2.32. The van der Waals surface area contributed by atoms with Gasteiger partial charge in [0.1, 0.15) is 5.56 Å². The van der Waals surface area contributed by atoms with Crippen LogP contribution < -0.4 is 21.7 Å². The van der Waals surface area contributed by atoms with Gasteiger partial charge in [0.15, 0.2) is 5.82 Å². The lowest BCUT2D eigenvalue weighted by atomic mass is 10.1. The molecule has 6 N–H and O–H groups in total. The minimum absolute atomic E-state index is 0.322. The maximum absolute atomic E-state index is 13.4. The van der Waals surface area contributed by atoms with E-state index in [0.29, 0.717) is 6.07 Å². The molecule has 0 unspecified atom stereocenters. The highest BCUT2D eigenvalue weighted by atomic mass is 32.2. The summed E-state index contributed by atoms with van der Waals surface area (Å²) in [7, 11) is -3.79. The Hall–Kier alpha value is -2.31. The molecule has 1 aromatic carbocycles. The summed E-state index contributed by atoms with van der Waals surface area (Å²) in [5.41, 5.74) is 0.375. The molecule has 0 aliphatic rings. The summed E-state index contributed by atoms with van der Waals surface area (Å²) >= 11 is 0. The van der Waals surface area contributed by atoms with E-state index in [9.17, 15) is 27.7 Å². The van der Waals surface area contributed by atoms with E-state index in [1.165, 1.54) is 0 Å². The Bertz CT molecular complexity index is 677. The van der Waals surface area contributed by atoms with Gasteiger partial charge in [-0.2, -0.15) is 0 Å². The zero-order valence-corrected chi connectivity index (χ0v) is 11.3. The van der Waals surface area contributed by atoms with Crippen LogP contribution in [0.2, 0.25) is 0 Å². The number of hydrazine groups is 1. The van der Waals surface area contributed by atoms with Crippen molar-refractivity contribution in [3.63, 3.8) is 0 Å². The predicted octanol–water partition coefficient (Wildman–Crippen LogP) is -0.962. The number of primary sulfonamides is 1. The monoisotopic (exact) mass is 321 g/mol. The molecule has 0 aliphatic heterocycles. The van der Waals surface area contributed by atoms with Crippen molar-refractivity contribution < 1.29 is 22.5 Å². The summed E-state index contributed by atoms with van der Waals surface area (Å²) in [5, 5.41) is 17.7. The molecule has 1 rings (SSSR count). The molecular formula is C9H12FN5O5S. The van der Waals surface area contributed by atoms with Gasteiger partial charge in [-0.25, -0.2) is 17.9 Å². The average molecular weight is 321 g/mol. The average Bonchev–Trinajstić information content (AvgIpc) is 2.36. The summed E-state index contributed by atoms with van der Waals surface area (Å²) in [6.45, 7) is -0.350. The summed E-state index contributed by atoms with van der Waals surface area (Å²) < 4.78 is 34.8. The number of halogens is 1. The molecule has 0 radical (unpaired) electrons. The van der Waals surface area contributed by atoms with Gasteiger partial charge in [-0.05, 0) is 6.07 Å². The van der Waals surface area contributed by atoms with Gasteiger partial charge >= 0.3 is 0 Å². The molecule has 0 saturated carbocycles. The first-order valence-corrected chi connectivity index (χ1v) is 7.10. The van der Waals surface area contributed by atoms with Crippen molar-refractivity contribution in [1.82, 2.24) is 5.32 Å². The van der Waals surface area contributed by atoms with Gasteiger partial charge in [0.2, 0.25) is 10.0 Å². The van der Waals surface area contributed by atoms with Crippen LogP contribution in [0.5, 0.6) is 0 Å². The van der Waals surface area contributed by atoms with Crippen molar-refractivity contribution >= 4 is 27.3 Å². The van der Waals surface area contributed by atoms with Crippen molar-refractivity contribution in [2.24, 2.45) is 11.0 Å². The number of anilines is 1. The molecule has 0 atom stereocenters. The Morgan fingerprint density at radius 2 is 2.05 bits per heavy atom. The van der Waals surface area contributed by atoms with E-state index >= 15 is 0 Å². The number of nitrogen functional groups attached to an aromatic ring is 1. The van der Waals surface area contributed by atoms with E-state index in [1.54, 1.807) is 0 Å². The third-order valence-electron chi connectivity index (χ3n) is 2.35. The number of nitro benzene ring substituents is 1. The second-order valence-electron chi connectivity index (χ2n) is 3.87. The highest BCUT2D eigenvalue weighted by molar-refractivity contribution is 7.89. The van der Waals surface area contributed by atoms with Crippen LogP contribution in [-0.4, -0.2) is 31.5 Å². The van der Waals surface area contributed by atoms with Crippen LogP contribution >= 0.6 is 0 Å². The molecule has 116 valence electrons. The standard InChI is InChI=1S/C9H12FN5O5S/c10-6-4-8(15(17)18)5(3-7(6)14-11)9(16)13-1-2-21(12,19)20/h3-4,14H,1-2,11H2,(H,13,16)(H2,12,19,20). The molecule has 1 amide bonds. The number of nitrogens with zero attached hydrogens (tertiary/aromatic N) is 1. The third-order valence-corrected chi connectivity index (χ3v) is 3.13. The highest BCUT2D eigenvalue weighted by Gasteiger charge is 2.23. The first kappa shape index (κ1) is 16.7. The van der Waals surface area contributed by atoms with Crippen molar-refractivity contribution in [1.29, 1.82) is 0 Å². The number of nitrogens with two attached hydrogens (primary N) is 2. The number of benzene rings is 1. The Balaban J connectivity index is 3.04. The van der Waals surface area contributed by atoms with Crippen LogP contribution in [0.4, 0.5) is 15.8 Å². The summed E-state index contributed by atoms with van der Waals surface area (Å²) in [6, 6.07) is 1.38. The molecule has 1 aromatic rings. The topological polar surface area (TPSA) is 170 Å². The Kier molecular flexibility index (Phi) is 5.12. The zero-order chi connectivity index (χ0) is 16.2. The molecule has 10 nitrogen and oxygen atoms in total. The third kappa shape index (κ3) is 4.62. The normalized spacial score (nSPS) is 11.0. The van der Waals surface area contributed by atoms with Gasteiger partial charge in [-0.3, -0.25) is 20.8 Å². The summed E-state index contributed by atoms with van der Waals surface area (Å²) in [4.78, 5) is 21.6. The van der Waals surface area contributed by atoms with Crippen molar-refractivity contribution in [3.05, 3.63) is 33.6 Å². The van der Waals surface area contributed by atoms with E-state index in [-0.39, 0.29) is 12.2 Å². The van der Waals surface area contributed by atoms with E-state index in [0.717, 1.165) is 6.07 Å². The van der Waals surface area contributed by atoms with Gasteiger partial charge in [-0.1, -0.05) is 0 Å². The van der Waals surface area contributed by atoms with E-state index < -0.39 is 43.7 Å². The van der Waals surface area contributed by atoms with Gasteiger partial charge in [0.05, 0.1) is 22.4 Å². The zero-order valence-electron chi connectivity index (χ0n) is 10.5.